The zero-order valence-corrected chi connectivity index (χ0v) is 17.6. The van der Waals surface area contributed by atoms with Crippen LogP contribution in [0.2, 0.25) is 5.02 Å². The van der Waals surface area contributed by atoms with E-state index in [1.54, 1.807) is 24.3 Å². The Bertz CT molecular complexity index is 1050. The predicted molar refractivity (Wildman–Crippen MR) is 111 cm³/mol. The van der Waals surface area contributed by atoms with E-state index in [9.17, 15) is 18.0 Å². The van der Waals surface area contributed by atoms with E-state index in [4.69, 9.17) is 16.3 Å². The maximum absolute atomic E-state index is 13.0. The van der Waals surface area contributed by atoms with Crippen LogP contribution in [0.3, 0.4) is 0 Å². The molecule has 0 saturated heterocycles. The molecule has 2 aromatic carbocycles. The summed E-state index contributed by atoms with van der Waals surface area (Å²) in [5, 5.41) is 3.05. The number of fused-ring (bicyclic) bond motifs is 1. The number of carbonyl (C=O) groups excluding carboxylic acids is 2. The van der Waals surface area contributed by atoms with Crippen molar-refractivity contribution in [2.75, 3.05) is 24.4 Å². The minimum Gasteiger partial charge on any atom is -0.495 e. The number of sulfone groups is 1. The van der Waals surface area contributed by atoms with Gasteiger partial charge in [-0.3, -0.25) is 9.59 Å². The predicted octanol–water partition coefficient (Wildman–Crippen LogP) is 2.75. The Hall–Kier alpha value is -2.58. The number of nitrogens with one attached hydrogen (secondary N) is 1. The molecule has 0 unspecified atom stereocenters. The van der Waals surface area contributed by atoms with E-state index in [2.05, 4.69) is 5.32 Å². The molecule has 29 heavy (non-hydrogen) atoms. The largest absolute Gasteiger partial charge is 0.495 e. The molecule has 3 rings (SSSR count). The van der Waals surface area contributed by atoms with Crippen LogP contribution in [0.15, 0.2) is 42.5 Å². The SMILES string of the molecule is COc1ccc(NC(=O)[C@@H](CCS(C)(=O)=O)N2Cc3ccccc3C2=O)cc1Cl. The van der Waals surface area contributed by atoms with Crippen LogP contribution in [0.1, 0.15) is 22.3 Å². The van der Waals surface area contributed by atoms with Gasteiger partial charge in [0.05, 0.1) is 17.9 Å². The summed E-state index contributed by atoms with van der Waals surface area (Å²) in [6.45, 7) is 0.250. The van der Waals surface area contributed by atoms with E-state index >= 15 is 0 Å². The molecule has 2 aromatic rings. The highest BCUT2D eigenvalue weighted by molar-refractivity contribution is 7.90. The van der Waals surface area contributed by atoms with Gasteiger partial charge in [0.25, 0.3) is 5.91 Å². The van der Waals surface area contributed by atoms with Gasteiger partial charge in [-0.25, -0.2) is 8.42 Å². The molecule has 1 aliphatic rings. The van der Waals surface area contributed by atoms with Gasteiger partial charge in [0.2, 0.25) is 5.91 Å². The van der Waals surface area contributed by atoms with Gasteiger partial charge in [0.15, 0.2) is 0 Å². The lowest BCUT2D eigenvalue weighted by Crippen LogP contribution is -2.45. The third kappa shape index (κ3) is 4.89. The van der Waals surface area contributed by atoms with Crippen LogP contribution in [0, 0.1) is 0 Å². The van der Waals surface area contributed by atoms with E-state index in [1.165, 1.54) is 18.1 Å². The van der Waals surface area contributed by atoms with Crippen molar-refractivity contribution in [3.63, 3.8) is 0 Å². The third-order valence-electron chi connectivity index (χ3n) is 4.71. The van der Waals surface area contributed by atoms with Crippen LogP contribution in [0.5, 0.6) is 5.75 Å². The Balaban J connectivity index is 1.84. The van der Waals surface area contributed by atoms with E-state index < -0.39 is 21.8 Å². The average molecular weight is 437 g/mol. The number of nitrogens with zero attached hydrogens (tertiary/aromatic N) is 1. The van der Waals surface area contributed by atoms with Gasteiger partial charge in [-0.1, -0.05) is 29.8 Å². The third-order valence-corrected chi connectivity index (χ3v) is 5.98. The first-order valence-corrected chi connectivity index (χ1v) is 11.3. The number of ether oxygens (including phenoxy) is 1. The van der Waals surface area contributed by atoms with Gasteiger partial charge in [0, 0.05) is 24.1 Å². The quantitative estimate of drug-likeness (QED) is 0.720. The molecule has 2 amide bonds. The minimum atomic E-state index is -3.31. The lowest BCUT2D eigenvalue weighted by atomic mass is 10.1. The van der Waals surface area contributed by atoms with E-state index in [0.29, 0.717) is 22.0 Å². The van der Waals surface area contributed by atoms with Gasteiger partial charge < -0.3 is 15.0 Å². The lowest BCUT2D eigenvalue weighted by molar-refractivity contribution is -0.120. The van der Waals surface area contributed by atoms with Crippen LogP contribution in [0.4, 0.5) is 5.69 Å². The number of anilines is 1. The summed E-state index contributed by atoms with van der Waals surface area (Å²) in [5.74, 6) is -0.518. The van der Waals surface area contributed by atoms with Crippen LogP contribution in [-0.4, -0.2) is 50.3 Å². The molecule has 9 heteroatoms. The Kier molecular flexibility index (Phi) is 6.14. The molecular weight excluding hydrogens is 416 g/mol. The summed E-state index contributed by atoms with van der Waals surface area (Å²) in [4.78, 5) is 27.2. The molecule has 7 nitrogen and oxygen atoms in total. The number of hydrogen-bond acceptors (Lipinski definition) is 5. The molecule has 0 aliphatic carbocycles. The van der Waals surface area contributed by atoms with Crippen molar-refractivity contribution in [2.24, 2.45) is 0 Å². The van der Waals surface area contributed by atoms with Crippen LogP contribution in [-0.2, 0) is 21.2 Å². The molecule has 0 spiro atoms. The van der Waals surface area contributed by atoms with Crippen LogP contribution < -0.4 is 10.1 Å². The van der Waals surface area contributed by atoms with E-state index in [0.717, 1.165) is 11.8 Å². The Morgan fingerprint density at radius 1 is 1.28 bits per heavy atom. The van der Waals surface area contributed by atoms with Gasteiger partial charge >= 0.3 is 0 Å². The molecule has 0 saturated carbocycles. The second kappa shape index (κ2) is 8.42. The summed E-state index contributed by atoms with van der Waals surface area (Å²) in [6, 6.07) is 10.9. The molecule has 1 heterocycles. The second-order valence-corrected chi connectivity index (χ2v) is 9.53. The molecule has 0 aromatic heterocycles. The maximum Gasteiger partial charge on any atom is 0.255 e. The van der Waals surface area contributed by atoms with Crippen molar-refractivity contribution in [1.82, 2.24) is 4.90 Å². The van der Waals surface area contributed by atoms with Crippen molar-refractivity contribution in [3.05, 3.63) is 58.6 Å². The fourth-order valence-electron chi connectivity index (χ4n) is 3.25. The summed E-state index contributed by atoms with van der Waals surface area (Å²) in [7, 11) is -1.83. The number of amides is 2. The zero-order valence-electron chi connectivity index (χ0n) is 16.0. The Morgan fingerprint density at radius 2 is 2.00 bits per heavy atom. The summed E-state index contributed by atoms with van der Waals surface area (Å²) >= 11 is 6.10. The highest BCUT2D eigenvalue weighted by atomic mass is 35.5. The van der Waals surface area contributed by atoms with Crippen molar-refractivity contribution in [3.8, 4) is 5.75 Å². The molecule has 0 radical (unpaired) electrons. The number of hydrogen-bond donors (Lipinski definition) is 1. The van der Waals surface area contributed by atoms with Crippen molar-refractivity contribution < 1.29 is 22.7 Å². The number of rotatable bonds is 7. The number of halogens is 1. The standard InChI is InChI=1S/C20H21ClN2O5S/c1-28-18-8-7-14(11-16(18)21)22-19(24)17(9-10-29(2,26)27)23-12-13-5-3-4-6-15(13)20(23)25/h3-8,11,17H,9-10,12H2,1-2H3,(H,22,24)/t17-/m1/s1. The maximum atomic E-state index is 13.0. The molecule has 0 bridgehead atoms. The highest BCUT2D eigenvalue weighted by Crippen LogP contribution is 2.29. The zero-order chi connectivity index (χ0) is 21.2. The molecule has 154 valence electrons. The molecular formula is C20H21ClN2O5S. The van der Waals surface area contributed by atoms with Gasteiger partial charge in [-0.2, -0.15) is 0 Å². The molecule has 1 atom stereocenters. The summed E-state index contributed by atoms with van der Waals surface area (Å²) < 4.78 is 28.5. The van der Waals surface area contributed by atoms with Gasteiger partial charge in [-0.05, 0) is 36.2 Å². The monoisotopic (exact) mass is 436 g/mol. The number of methoxy groups -OCH3 is 1. The van der Waals surface area contributed by atoms with Crippen molar-refractivity contribution in [1.29, 1.82) is 0 Å². The first-order chi connectivity index (χ1) is 13.7. The van der Waals surface area contributed by atoms with Gasteiger partial charge in [0.1, 0.15) is 21.6 Å². The molecule has 1 N–H and O–H groups in total. The van der Waals surface area contributed by atoms with Gasteiger partial charge in [-0.15, -0.1) is 0 Å². The number of carbonyl (C=O) groups is 2. The average Bonchev–Trinajstić information content (AvgIpc) is 2.98. The van der Waals surface area contributed by atoms with Crippen molar-refractivity contribution >= 4 is 38.9 Å². The normalized spacial score (nSPS) is 14.4. The summed E-state index contributed by atoms with van der Waals surface area (Å²) in [6.07, 6.45) is 1.10. The number of benzene rings is 2. The Morgan fingerprint density at radius 3 is 2.62 bits per heavy atom. The first kappa shape index (κ1) is 21.1. The van der Waals surface area contributed by atoms with E-state index in [1.807, 2.05) is 12.1 Å². The fraction of sp³-hybridized carbons (Fsp3) is 0.300. The second-order valence-electron chi connectivity index (χ2n) is 6.86. The topological polar surface area (TPSA) is 92.8 Å². The fourth-order valence-corrected chi connectivity index (χ4v) is 4.16. The van der Waals surface area contributed by atoms with E-state index in [-0.39, 0.29) is 24.6 Å². The van der Waals surface area contributed by atoms with Crippen molar-refractivity contribution in [2.45, 2.75) is 19.0 Å². The van der Waals surface area contributed by atoms with Crippen LogP contribution in [0.25, 0.3) is 0 Å². The highest BCUT2D eigenvalue weighted by Gasteiger charge is 2.36. The Labute approximate surface area is 174 Å². The lowest BCUT2D eigenvalue weighted by Gasteiger charge is -2.27. The minimum absolute atomic E-state index is 0.00567. The smallest absolute Gasteiger partial charge is 0.255 e. The molecule has 1 aliphatic heterocycles. The summed E-state index contributed by atoms with van der Waals surface area (Å²) in [5.41, 5.74) is 1.76. The van der Waals surface area contributed by atoms with Crippen LogP contribution >= 0.6 is 11.6 Å². The first-order valence-electron chi connectivity index (χ1n) is 8.90. The molecule has 0 fully saturated rings.